The maximum absolute atomic E-state index is 12.8. The summed E-state index contributed by atoms with van der Waals surface area (Å²) >= 11 is 0. The molecule has 0 radical (unpaired) electrons. The molecular weight excluding hydrogens is 332 g/mol. The summed E-state index contributed by atoms with van der Waals surface area (Å²) in [5.74, 6) is -0.0473. The second-order valence-electron chi connectivity index (χ2n) is 6.16. The lowest BCUT2D eigenvalue weighted by Gasteiger charge is -2.28. The monoisotopic (exact) mass is 358 g/mol. The Bertz CT molecular complexity index is 658. The van der Waals surface area contributed by atoms with Crippen molar-refractivity contribution >= 4 is 15.9 Å². The second-order valence-corrected chi connectivity index (χ2v) is 7.78. The van der Waals surface area contributed by atoms with Gasteiger partial charge < -0.3 is 15.2 Å². The van der Waals surface area contributed by atoms with E-state index in [1.807, 2.05) is 6.92 Å². The van der Waals surface area contributed by atoms with E-state index in [9.17, 15) is 13.2 Å². The number of sulfonamides is 1. The molecule has 24 heavy (non-hydrogen) atoms. The fourth-order valence-electron chi connectivity index (χ4n) is 3.13. The van der Waals surface area contributed by atoms with Gasteiger partial charge in [0.25, 0.3) is 0 Å². The summed E-state index contributed by atoms with van der Waals surface area (Å²) in [4.78, 5) is 12.7. The standard InChI is InChI=1S/C15H26N4O4S/c1-4-16-9-10-17-14(20)15(7-5-6-8-15)19-24(21,22)13-11(2)18-23-12(13)3/h16,19H,4-10H2,1-3H3,(H,17,20). The smallest absolute Gasteiger partial charge is 0.246 e. The van der Waals surface area contributed by atoms with Gasteiger partial charge in [0, 0.05) is 13.1 Å². The molecule has 1 aliphatic rings. The number of aromatic nitrogens is 1. The highest BCUT2D eigenvalue weighted by Gasteiger charge is 2.45. The van der Waals surface area contributed by atoms with E-state index in [2.05, 4.69) is 20.5 Å². The average molecular weight is 358 g/mol. The summed E-state index contributed by atoms with van der Waals surface area (Å²) < 4.78 is 33.1. The van der Waals surface area contributed by atoms with E-state index in [1.165, 1.54) is 0 Å². The first kappa shape index (κ1) is 18.9. The van der Waals surface area contributed by atoms with Crippen molar-refractivity contribution in [2.75, 3.05) is 19.6 Å². The summed E-state index contributed by atoms with van der Waals surface area (Å²) in [5, 5.41) is 9.64. The van der Waals surface area contributed by atoms with Crippen molar-refractivity contribution in [3.8, 4) is 0 Å². The van der Waals surface area contributed by atoms with Crippen LogP contribution in [-0.4, -0.2) is 44.7 Å². The van der Waals surface area contributed by atoms with Crippen LogP contribution in [0.2, 0.25) is 0 Å². The summed E-state index contributed by atoms with van der Waals surface area (Å²) in [6, 6.07) is 0. The minimum Gasteiger partial charge on any atom is -0.360 e. The number of hydrogen-bond acceptors (Lipinski definition) is 6. The van der Waals surface area contributed by atoms with E-state index in [1.54, 1.807) is 13.8 Å². The van der Waals surface area contributed by atoms with Crippen LogP contribution in [0.1, 0.15) is 44.1 Å². The molecule has 2 rings (SSSR count). The van der Waals surface area contributed by atoms with Gasteiger partial charge in [-0.3, -0.25) is 4.79 Å². The van der Waals surface area contributed by atoms with Gasteiger partial charge in [0.1, 0.15) is 16.1 Å². The van der Waals surface area contributed by atoms with E-state index in [0.717, 1.165) is 19.4 Å². The molecule has 0 atom stereocenters. The zero-order chi connectivity index (χ0) is 17.8. The molecule has 1 saturated carbocycles. The number of hydrogen-bond donors (Lipinski definition) is 3. The molecule has 0 bridgehead atoms. The van der Waals surface area contributed by atoms with Crippen LogP contribution < -0.4 is 15.4 Å². The third-order valence-electron chi connectivity index (χ3n) is 4.30. The Morgan fingerprint density at radius 1 is 1.25 bits per heavy atom. The number of aryl methyl sites for hydroxylation is 2. The van der Waals surface area contributed by atoms with Gasteiger partial charge in [0.15, 0.2) is 5.76 Å². The molecule has 1 aromatic rings. The zero-order valence-electron chi connectivity index (χ0n) is 14.4. The van der Waals surface area contributed by atoms with E-state index < -0.39 is 15.6 Å². The Morgan fingerprint density at radius 2 is 1.92 bits per heavy atom. The highest BCUT2D eigenvalue weighted by Crippen LogP contribution is 2.32. The van der Waals surface area contributed by atoms with Crippen LogP contribution in [0.5, 0.6) is 0 Å². The molecule has 1 aromatic heterocycles. The van der Waals surface area contributed by atoms with E-state index >= 15 is 0 Å². The van der Waals surface area contributed by atoms with Gasteiger partial charge in [0.05, 0.1) is 0 Å². The third kappa shape index (κ3) is 3.96. The van der Waals surface area contributed by atoms with E-state index in [-0.39, 0.29) is 16.6 Å². The normalized spacial score (nSPS) is 17.1. The molecule has 0 aromatic carbocycles. The van der Waals surface area contributed by atoms with Crippen molar-refractivity contribution in [2.45, 2.75) is 56.9 Å². The van der Waals surface area contributed by atoms with Crippen molar-refractivity contribution in [1.82, 2.24) is 20.5 Å². The molecule has 1 fully saturated rings. The molecule has 8 nitrogen and oxygen atoms in total. The van der Waals surface area contributed by atoms with Crippen LogP contribution in [-0.2, 0) is 14.8 Å². The number of likely N-dealkylation sites (N-methyl/N-ethyl adjacent to an activating group) is 1. The van der Waals surface area contributed by atoms with Crippen LogP contribution in [0, 0.1) is 13.8 Å². The fraction of sp³-hybridized carbons (Fsp3) is 0.733. The first-order chi connectivity index (χ1) is 11.3. The Hall–Kier alpha value is -1.45. The van der Waals surface area contributed by atoms with Gasteiger partial charge in [-0.05, 0) is 33.2 Å². The molecule has 136 valence electrons. The molecule has 0 aliphatic heterocycles. The zero-order valence-corrected chi connectivity index (χ0v) is 15.3. The van der Waals surface area contributed by atoms with Crippen LogP contribution in [0.15, 0.2) is 9.42 Å². The van der Waals surface area contributed by atoms with Crippen molar-refractivity contribution in [3.05, 3.63) is 11.5 Å². The number of carbonyl (C=O) groups is 1. The molecule has 0 unspecified atom stereocenters. The van der Waals surface area contributed by atoms with Gasteiger partial charge in [0.2, 0.25) is 15.9 Å². The lowest BCUT2D eigenvalue weighted by molar-refractivity contribution is -0.126. The maximum atomic E-state index is 12.8. The Balaban J connectivity index is 2.17. The first-order valence-corrected chi connectivity index (χ1v) is 9.76. The van der Waals surface area contributed by atoms with Crippen molar-refractivity contribution in [1.29, 1.82) is 0 Å². The molecule has 0 spiro atoms. The van der Waals surface area contributed by atoms with Crippen LogP contribution in [0.25, 0.3) is 0 Å². The van der Waals surface area contributed by atoms with Gasteiger partial charge >= 0.3 is 0 Å². The Kier molecular flexibility index (Phi) is 6.00. The molecule has 1 aliphatic carbocycles. The fourth-order valence-corrected chi connectivity index (χ4v) is 4.89. The quantitative estimate of drug-likeness (QED) is 0.587. The SMILES string of the molecule is CCNCCNC(=O)C1(NS(=O)(=O)c2c(C)noc2C)CCCC1. The molecular formula is C15H26N4O4S. The number of nitrogens with zero attached hydrogens (tertiary/aromatic N) is 1. The largest absolute Gasteiger partial charge is 0.360 e. The molecule has 3 N–H and O–H groups in total. The third-order valence-corrected chi connectivity index (χ3v) is 6.08. The van der Waals surface area contributed by atoms with Gasteiger partial charge in [-0.15, -0.1) is 0 Å². The minimum atomic E-state index is -3.88. The predicted molar refractivity (Wildman–Crippen MR) is 89.1 cm³/mol. The molecule has 9 heteroatoms. The van der Waals surface area contributed by atoms with E-state index in [4.69, 9.17) is 4.52 Å². The van der Waals surface area contributed by atoms with Crippen molar-refractivity contribution < 1.29 is 17.7 Å². The van der Waals surface area contributed by atoms with Gasteiger partial charge in [-0.2, -0.15) is 4.72 Å². The first-order valence-electron chi connectivity index (χ1n) is 8.28. The summed E-state index contributed by atoms with van der Waals surface area (Å²) in [6.45, 7) is 7.03. The van der Waals surface area contributed by atoms with Crippen molar-refractivity contribution in [3.63, 3.8) is 0 Å². The van der Waals surface area contributed by atoms with Crippen LogP contribution in [0.3, 0.4) is 0 Å². The Labute approximate surface area is 142 Å². The predicted octanol–water partition coefficient (Wildman–Crippen LogP) is 0.608. The molecule has 0 saturated heterocycles. The number of amides is 1. The second kappa shape index (κ2) is 7.62. The number of carbonyl (C=O) groups excluding carboxylic acids is 1. The maximum Gasteiger partial charge on any atom is 0.246 e. The average Bonchev–Trinajstić information content (AvgIpc) is 3.11. The van der Waals surface area contributed by atoms with Gasteiger partial charge in [-0.25, -0.2) is 8.42 Å². The van der Waals surface area contributed by atoms with Gasteiger partial charge in [-0.1, -0.05) is 24.9 Å². The lowest BCUT2D eigenvalue weighted by atomic mass is 9.98. The summed E-state index contributed by atoms with van der Waals surface area (Å²) in [5.41, 5.74) is -0.804. The van der Waals surface area contributed by atoms with E-state index in [0.29, 0.717) is 31.6 Å². The number of nitrogens with one attached hydrogen (secondary N) is 3. The summed E-state index contributed by atoms with van der Waals surface area (Å²) in [7, 11) is -3.88. The highest BCUT2D eigenvalue weighted by atomic mass is 32.2. The highest BCUT2D eigenvalue weighted by molar-refractivity contribution is 7.89. The number of rotatable bonds is 8. The summed E-state index contributed by atoms with van der Waals surface area (Å²) in [6.07, 6.45) is 2.60. The molecule has 1 amide bonds. The van der Waals surface area contributed by atoms with Crippen LogP contribution in [0.4, 0.5) is 0 Å². The Morgan fingerprint density at radius 3 is 2.46 bits per heavy atom. The van der Waals surface area contributed by atoms with Crippen molar-refractivity contribution in [2.24, 2.45) is 0 Å². The minimum absolute atomic E-state index is 0.0224. The topological polar surface area (TPSA) is 113 Å². The van der Waals surface area contributed by atoms with Crippen LogP contribution >= 0.6 is 0 Å². The lowest BCUT2D eigenvalue weighted by Crippen LogP contribution is -2.57. The molecule has 1 heterocycles.